The van der Waals surface area contributed by atoms with Crippen molar-refractivity contribution in [2.75, 3.05) is 20.1 Å². The van der Waals surface area contributed by atoms with Crippen LogP contribution >= 0.6 is 0 Å². The van der Waals surface area contributed by atoms with Gasteiger partial charge in [-0.05, 0) is 17.4 Å². The van der Waals surface area contributed by atoms with Crippen LogP contribution in [0.15, 0.2) is 30.3 Å². The Morgan fingerprint density at radius 2 is 1.41 bits per heavy atom. The van der Waals surface area contributed by atoms with Crippen molar-refractivity contribution in [3.05, 3.63) is 35.9 Å². The maximum Gasteiger partial charge on any atom is 0.312 e. The van der Waals surface area contributed by atoms with Gasteiger partial charge in [-0.3, -0.25) is 9.59 Å². The van der Waals surface area contributed by atoms with E-state index in [9.17, 15) is 9.59 Å². The summed E-state index contributed by atoms with van der Waals surface area (Å²) in [6, 6.07) is 9.70. The van der Waals surface area contributed by atoms with Gasteiger partial charge >= 0.3 is 11.8 Å². The lowest BCUT2D eigenvalue weighted by Crippen LogP contribution is -2.46. The third-order valence-electron chi connectivity index (χ3n) is 3.25. The van der Waals surface area contributed by atoms with E-state index in [4.69, 9.17) is 0 Å². The van der Waals surface area contributed by atoms with Gasteiger partial charge in [0, 0.05) is 26.7 Å². The lowest BCUT2D eigenvalue weighted by Gasteiger charge is -2.27. The Labute approximate surface area is 134 Å². The molecule has 0 heterocycles. The molecule has 0 aliphatic heterocycles. The Morgan fingerprint density at radius 1 is 0.909 bits per heavy atom. The molecule has 0 aliphatic carbocycles. The van der Waals surface area contributed by atoms with Crippen molar-refractivity contribution in [3.8, 4) is 0 Å². The number of rotatable bonds is 6. The second kappa shape index (κ2) is 8.57. The van der Waals surface area contributed by atoms with Crippen molar-refractivity contribution >= 4 is 11.8 Å². The molecule has 0 saturated heterocycles. The number of amides is 2. The van der Waals surface area contributed by atoms with E-state index >= 15 is 0 Å². The van der Waals surface area contributed by atoms with Crippen molar-refractivity contribution in [1.82, 2.24) is 9.80 Å². The third kappa shape index (κ3) is 5.88. The highest BCUT2D eigenvalue weighted by Gasteiger charge is 2.26. The Kier molecular flexibility index (Phi) is 7.09. The number of nitrogens with zero attached hydrogens (tertiary/aromatic N) is 2. The highest BCUT2D eigenvalue weighted by atomic mass is 16.2. The molecule has 0 N–H and O–H groups in total. The highest BCUT2D eigenvalue weighted by Crippen LogP contribution is 2.08. The number of carbonyl (C=O) groups excluding carboxylic acids is 2. The lowest BCUT2D eigenvalue weighted by molar-refractivity contribution is -0.152. The molecule has 0 radical (unpaired) electrons. The van der Waals surface area contributed by atoms with Crippen LogP contribution in [0.2, 0.25) is 0 Å². The molecule has 0 atom stereocenters. The molecule has 4 heteroatoms. The fraction of sp³-hybridized carbons (Fsp3) is 0.556. The maximum absolute atomic E-state index is 12.5. The van der Waals surface area contributed by atoms with Crippen LogP contribution in [0.1, 0.15) is 33.3 Å². The Balaban J connectivity index is 2.72. The highest BCUT2D eigenvalue weighted by molar-refractivity contribution is 6.34. The molecule has 1 rings (SSSR count). The van der Waals surface area contributed by atoms with Crippen molar-refractivity contribution in [2.45, 2.75) is 34.2 Å². The van der Waals surface area contributed by atoms with Crippen LogP contribution in [-0.4, -0.2) is 41.8 Å². The van der Waals surface area contributed by atoms with Gasteiger partial charge in [0.25, 0.3) is 0 Å². The van der Waals surface area contributed by atoms with Crippen LogP contribution in [0.5, 0.6) is 0 Å². The third-order valence-corrected chi connectivity index (χ3v) is 3.25. The molecule has 0 unspecified atom stereocenters. The first-order chi connectivity index (χ1) is 10.3. The van der Waals surface area contributed by atoms with E-state index in [0.29, 0.717) is 31.5 Å². The largest absolute Gasteiger partial charge is 0.334 e. The summed E-state index contributed by atoms with van der Waals surface area (Å²) in [6.45, 7) is 9.89. The van der Waals surface area contributed by atoms with E-state index in [2.05, 4.69) is 27.7 Å². The zero-order chi connectivity index (χ0) is 16.7. The number of benzene rings is 1. The van der Waals surface area contributed by atoms with Gasteiger partial charge < -0.3 is 9.80 Å². The van der Waals surface area contributed by atoms with Crippen LogP contribution in [0.4, 0.5) is 0 Å². The van der Waals surface area contributed by atoms with Crippen molar-refractivity contribution in [3.63, 3.8) is 0 Å². The number of likely N-dealkylation sites (N-methyl/N-ethyl adjacent to an activating group) is 1. The zero-order valence-electron chi connectivity index (χ0n) is 14.4. The first-order valence-electron chi connectivity index (χ1n) is 7.89. The second-order valence-corrected chi connectivity index (χ2v) is 6.64. The smallest absolute Gasteiger partial charge is 0.312 e. The Bertz CT molecular complexity index is 473. The van der Waals surface area contributed by atoms with Gasteiger partial charge in [-0.25, -0.2) is 0 Å². The standard InChI is InChI=1S/C18H28N2O2/c1-14(2)11-20(12-15(3)4)18(22)17(21)19(5)13-16-9-7-6-8-10-16/h6-10,14-15H,11-13H2,1-5H3. The van der Waals surface area contributed by atoms with E-state index in [1.54, 1.807) is 11.9 Å². The normalized spacial score (nSPS) is 10.9. The molecule has 122 valence electrons. The van der Waals surface area contributed by atoms with Crippen LogP contribution < -0.4 is 0 Å². The number of carbonyl (C=O) groups is 2. The second-order valence-electron chi connectivity index (χ2n) is 6.64. The van der Waals surface area contributed by atoms with Gasteiger partial charge in [0.05, 0.1) is 0 Å². The molecule has 0 aliphatic rings. The van der Waals surface area contributed by atoms with Gasteiger partial charge in [-0.1, -0.05) is 58.0 Å². The molecular formula is C18H28N2O2. The average Bonchev–Trinajstić information content (AvgIpc) is 2.45. The zero-order valence-corrected chi connectivity index (χ0v) is 14.4. The molecule has 0 spiro atoms. The Hall–Kier alpha value is -1.84. The van der Waals surface area contributed by atoms with Gasteiger partial charge in [0.1, 0.15) is 0 Å². The SMILES string of the molecule is CC(C)CN(CC(C)C)C(=O)C(=O)N(C)Cc1ccccc1. The minimum absolute atomic E-state index is 0.343. The molecule has 22 heavy (non-hydrogen) atoms. The van der Waals surface area contributed by atoms with Gasteiger partial charge in [-0.15, -0.1) is 0 Å². The summed E-state index contributed by atoms with van der Waals surface area (Å²) in [4.78, 5) is 28.0. The summed E-state index contributed by atoms with van der Waals surface area (Å²) in [7, 11) is 1.68. The molecule has 1 aromatic carbocycles. The van der Waals surface area contributed by atoms with Crippen molar-refractivity contribution in [1.29, 1.82) is 0 Å². The molecule has 4 nitrogen and oxygen atoms in total. The fourth-order valence-corrected chi connectivity index (χ4v) is 2.35. The average molecular weight is 304 g/mol. The van der Waals surface area contributed by atoms with Gasteiger partial charge in [0.2, 0.25) is 0 Å². The molecule has 0 saturated carbocycles. The van der Waals surface area contributed by atoms with Crippen LogP contribution in [-0.2, 0) is 16.1 Å². The van der Waals surface area contributed by atoms with Gasteiger partial charge in [-0.2, -0.15) is 0 Å². The molecular weight excluding hydrogens is 276 g/mol. The van der Waals surface area contributed by atoms with E-state index in [0.717, 1.165) is 5.56 Å². The minimum Gasteiger partial charge on any atom is -0.334 e. The van der Waals surface area contributed by atoms with E-state index < -0.39 is 11.8 Å². The summed E-state index contributed by atoms with van der Waals surface area (Å²) in [5.41, 5.74) is 1.02. The molecule has 0 aromatic heterocycles. The van der Waals surface area contributed by atoms with Crippen LogP contribution in [0, 0.1) is 11.8 Å². The predicted molar refractivity (Wildman–Crippen MR) is 89.2 cm³/mol. The van der Waals surface area contributed by atoms with Crippen molar-refractivity contribution < 1.29 is 9.59 Å². The first-order valence-corrected chi connectivity index (χ1v) is 7.89. The van der Waals surface area contributed by atoms with E-state index in [1.807, 2.05) is 30.3 Å². The van der Waals surface area contributed by atoms with E-state index in [1.165, 1.54) is 4.90 Å². The minimum atomic E-state index is -0.440. The van der Waals surface area contributed by atoms with Crippen molar-refractivity contribution in [2.24, 2.45) is 11.8 Å². The fourth-order valence-electron chi connectivity index (χ4n) is 2.35. The number of hydrogen-bond acceptors (Lipinski definition) is 2. The summed E-state index contributed by atoms with van der Waals surface area (Å²) < 4.78 is 0. The Morgan fingerprint density at radius 3 is 1.86 bits per heavy atom. The molecule has 2 amide bonds. The quantitative estimate of drug-likeness (QED) is 0.758. The van der Waals surface area contributed by atoms with Gasteiger partial charge in [0.15, 0.2) is 0 Å². The molecule has 0 bridgehead atoms. The molecule has 0 fully saturated rings. The topological polar surface area (TPSA) is 40.6 Å². The first kappa shape index (κ1) is 18.2. The van der Waals surface area contributed by atoms with E-state index in [-0.39, 0.29) is 0 Å². The lowest BCUT2D eigenvalue weighted by atomic mass is 10.1. The van der Waals surface area contributed by atoms with Crippen LogP contribution in [0.25, 0.3) is 0 Å². The predicted octanol–water partition coefficient (Wildman–Crippen LogP) is 2.79. The summed E-state index contributed by atoms with van der Waals surface area (Å²) in [6.07, 6.45) is 0. The number of hydrogen-bond donors (Lipinski definition) is 0. The molecule has 1 aromatic rings. The summed E-state index contributed by atoms with van der Waals surface area (Å²) >= 11 is 0. The maximum atomic E-state index is 12.5. The summed E-state index contributed by atoms with van der Waals surface area (Å²) in [5.74, 6) is -0.157. The van der Waals surface area contributed by atoms with Crippen LogP contribution in [0.3, 0.4) is 0 Å². The monoisotopic (exact) mass is 304 g/mol. The summed E-state index contributed by atoms with van der Waals surface area (Å²) in [5, 5.41) is 0.